The highest BCUT2D eigenvalue weighted by molar-refractivity contribution is 6.01. The van der Waals surface area contributed by atoms with Gasteiger partial charge in [0.05, 0.1) is 30.6 Å². The van der Waals surface area contributed by atoms with Crippen molar-refractivity contribution >= 4 is 23.2 Å². The molecule has 4 rings (SSSR count). The van der Waals surface area contributed by atoms with E-state index in [9.17, 15) is 9.59 Å². The van der Waals surface area contributed by atoms with Gasteiger partial charge in [-0.2, -0.15) is 0 Å². The molecule has 0 saturated carbocycles. The molecule has 0 saturated heterocycles. The zero-order valence-corrected chi connectivity index (χ0v) is 17.8. The molecule has 0 aliphatic heterocycles. The number of carbonyl (C=O) groups is 2. The lowest BCUT2D eigenvalue weighted by atomic mass is 10.1. The molecule has 1 aromatic heterocycles. The molecule has 33 heavy (non-hydrogen) atoms. The molecule has 7 nitrogen and oxygen atoms in total. The van der Waals surface area contributed by atoms with Crippen molar-refractivity contribution in [3.63, 3.8) is 0 Å². The first-order valence-corrected chi connectivity index (χ1v) is 10.4. The number of anilines is 2. The van der Waals surface area contributed by atoms with Crippen molar-refractivity contribution in [1.29, 1.82) is 0 Å². The lowest BCUT2D eigenvalue weighted by Gasteiger charge is -2.14. The van der Waals surface area contributed by atoms with Crippen LogP contribution in [0.3, 0.4) is 0 Å². The van der Waals surface area contributed by atoms with Crippen LogP contribution in [0.5, 0.6) is 11.5 Å². The van der Waals surface area contributed by atoms with E-state index in [4.69, 9.17) is 9.15 Å². The van der Waals surface area contributed by atoms with Gasteiger partial charge in [-0.05, 0) is 48.5 Å². The highest BCUT2D eigenvalue weighted by Crippen LogP contribution is 2.29. The summed E-state index contributed by atoms with van der Waals surface area (Å²) >= 11 is 0. The van der Waals surface area contributed by atoms with Crippen LogP contribution in [0, 0.1) is 0 Å². The van der Waals surface area contributed by atoms with Crippen molar-refractivity contribution in [1.82, 2.24) is 5.32 Å². The molecule has 0 unspecified atom stereocenters. The van der Waals surface area contributed by atoms with Crippen LogP contribution >= 0.6 is 0 Å². The average molecular weight is 441 g/mol. The summed E-state index contributed by atoms with van der Waals surface area (Å²) in [5.41, 5.74) is 1.54. The van der Waals surface area contributed by atoms with E-state index >= 15 is 0 Å². The molecule has 7 heteroatoms. The number of hydrogen-bond donors (Lipinski definition) is 3. The zero-order valence-electron chi connectivity index (χ0n) is 17.8. The largest absolute Gasteiger partial charge is 0.467 e. The summed E-state index contributed by atoms with van der Waals surface area (Å²) in [4.78, 5) is 25.2. The Labute approximate surface area is 191 Å². The van der Waals surface area contributed by atoms with Crippen LogP contribution in [0.1, 0.15) is 16.1 Å². The van der Waals surface area contributed by atoms with Gasteiger partial charge in [0.2, 0.25) is 5.91 Å². The van der Waals surface area contributed by atoms with Gasteiger partial charge < -0.3 is 25.1 Å². The molecule has 0 spiro atoms. The maximum Gasteiger partial charge on any atom is 0.253 e. The molecular weight excluding hydrogens is 418 g/mol. The molecule has 0 aliphatic carbocycles. The van der Waals surface area contributed by atoms with E-state index in [2.05, 4.69) is 16.0 Å². The van der Waals surface area contributed by atoms with E-state index in [0.717, 1.165) is 0 Å². The van der Waals surface area contributed by atoms with Gasteiger partial charge in [0, 0.05) is 5.69 Å². The van der Waals surface area contributed by atoms with Crippen molar-refractivity contribution in [2.24, 2.45) is 0 Å². The van der Waals surface area contributed by atoms with Crippen LogP contribution in [0.4, 0.5) is 11.4 Å². The van der Waals surface area contributed by atoms with Crippen LogP contribution in [0.2, 0.25) is 0 Å². The number of carbonyl (C=O) groups excluding carboxylic acids is 2. The van der Waals surface area contributed by atoms with Crippen molar-refractivity contribution in [3.05, 3.63) is 109 Å². The predicted octanol–water partition coefficient (Wildman–Crippen LogP) is 5.05. The number of ether oxygens (including phenoxy) is 1. The molecule has 3 aromatic carbocycles. The summed E-state index contributed by atoms with van der Waals surface area (Å²) in [6.07, 6.45) is 1.55. The van der Waals surface area contributed by atoms with Crippen LogP contribution in [-0.4, -0.2) is 18.4 Å². The number of rotatable bonds is 9. The highest BCUT2D eigenvalue weighted by atomic mass is 16.5. The van der Waals surface area contributed by atoms with Crippen LogP contribution in [0.15, 0.2) is 102 Å². The first kappa shape index (κ1) is 21.7. The normalized spacial score (nSPS) is 10.3. The fraction of sp³-hybridized carbons (Fsp3) is 0.0769. The monoisotopic (exact) mass is 441 g/mol. The fourth-order valence-corrected chi connectivity index (χ4v) is 3.16. The summed E-state index contributed by atoms with van der Waals surface area (Å²) in [6, 6.07) is 27.1. The smallest absolute Gasteiger partial charge is 0.253 e. The molecular formula is C26H23N3O4. The van der Waals surface area contributed by atoms with Crippen LogP contribution in [-0.2, 0) is 11.3 Å². The van der Waals surface area contributed by atoms with Gasteiger partial charge in [-0.25, -0.2) is 0 Å². The Bertz CT molecular complexity index is 1210. The van der Waals surface area contributed by atoms with Gasteiger partial charge in [-0.1, -0.05) is 42.5 Å². The Balaban J connectivity index is 1.37. The number of furan rings is 1. The van der Waals surface area contributed by atoms with Crippen molar-refractivity contribution in [2.45, 2.75) is 6.54 Å². The minimum atomic E-state index is -0.273. The van der Waals surface area contributed by atoms with Crippen molar-refractivity contribution in [2.75, 3.05) is 17.2 Å². The topological polar surface area (TPSA) is 92.6 Å². The molecule has 0 bridgehead atoms. The van der Waals surface area contributed by atoms with E-state index in [0.29, 0.717) is 34.2 Å². The lowest BCUT2D eigenvalue weighted by Crippen LogP contribution is -2.26. The Morgan fingerprint density at radius 2 is 1.52 bits per heavy atom. The summed E-state index contributed by atoms with van der Waals surface area (Å²) < 4.78 is 11.1. The molecule has 0 atom stereocenters. The highest BCUT2D eigenvalue weighted by Gasteiger charge is 2.13. The van der Waals surface area contributed by atoms with E-state index < -0.39 is 0 Å². The molecule has 3 N–H and O–H groups in total. The lowest BCUT2D eigenvalue weighted by molar-refractivity contribution is -0.114. The maximum absolute atomic E-state index is 12.6. The molecule has 2 amide bonds. The van der Waals surface area contributed by atoms with E-state index in [1.807, 2.05) is 42.5 Å². The van der Waals surface area contributed by atoms with Crippen LogP contribution < -0.4 is 20.7 Å². The Morgan fingerprint density at radius 3 is 2.30 bits per heavy atom. The van der Waals surface area contributed by atoms with Crippen molar-refractivity contribution in [3.8, 4) is 11.5 Å². The molecule has 0 radical (unpaired) electrons. The second-order valence-corrected chi connectivity index (χ2v) is 7.12. The minimum Gasteiger partial charge on any atom is -0.467 e. The third-order valence-electron chi connectivity index (χ3n) is 4.75. The molecule has 0 aliphatic rings. The van der Waals surface area contributed by atoms with Gasteiger partial charge in [-0.15, -0.1) is 0 Å². The number of hydrogen-bond acceptors (Lipinski definition) is 5. The minimum absolute atomic E-state index is 0.0256. The van der Waals surface area contributed by atoms with Gasteiger partial charge in [0.1, 0.15) is 11.5 Å². The van der Waals surface area contributed by atoms with E-state index in [1.165, 1.54) is 0 Å². The Morgan fingerprint density at radius 1 is 0.788 bits per heavy atom. The zero-order chi connectivity index (χ0) is 22.9. The SMILES string of the molecule is O=C(CNc1ccccc1C(=O)NCc1ccco1)Nc1ccccc1Oc1ccccc1. The first-order chi connectivity index (χ1) is 16.2. The average Bonchev–Trinajstić information content (AvgIpc) is 3.37. The fourth-order valence-electron chi connectivity index (χ4n) is 3.16. The Kier molecular flexibility index (Phi) is 7.02. The number of para-hydroxylation sites is 4. The summed E-state index contributed by atoms with van der Waals surface area (Å²) in [5.74, 6) is 1.33. The summed E-state index contributed by atoms with van der Waals surface area (Å²) in [7, 11) is 0. The van der Waals surface area contributed by atoms with Crippen LogP contribution in [0.25, 0.3) is 0 Å². The molecule has 0 fully saturated rings. The summed E-state index contributed by atoms with van der Waals surface area (Å²) in [6.45, 7) is 0.251. The summed E-state index contributed by atoms with van der Waals surface area (Å²) in [5, 5.41) is 8.70. The van der Waals surface area contributed by atoms with Gasteiger partial charge in [0.15, 0.2) is 5.75 Å². The Hall–Kier alpha value is -4.52. The quantitative estimate of drug-likeness (QED) is 0.338. The third-order valence-corrected chi connectivity index (χ3v) is 4.75. The maximum atomic E-state index is 12.6. The number of benzene rings is 3. The van der Waals surface area contributed by atoms with E-state index in [-0.39, 0.29) is 24.9 Å². The van der Waals surface area contributed by atoms with Gasteiger partial charge in [-0.3, -0.25) is 9.59 Å². The molecule has 1 heterocycles. The standard InChI is InChI=1S/C26H23N3O4/c30-25(29-23-14-6-7-15-24(23)33-19-9-2-1-3-10-19)18-27-22-13-5-4-12-21(22)26(31)28-17-20-11-8-16-32-20/h1-16,27H,17-18H2,(H,28,31)(H,29,30). The van der Waals surface area contributed by atoms with Gasteiger partial charge in [0.25, 0.3) is 5.91 Å². The second-order valence-electron chi connectivity index (χ2n) is 7.12. The van der Waals surface area contributed by atoms with E-state index in [1.54, 1.807) is 54.8 Å². The molecule has 4 aromatic rings. The van der Waals surface area contributed by atoms with Gasteiger partial charge >= 0.3 is 0 Å². The third kappa shape index (κ3) is 6.01. The first-order valence-electron chi connectivity index (χ1n) is 10.4. The predicted molar refractivity (Wildman–Crippen MR) is 126 cm³/mol. The number of amides is 2. The second kappa shape index (κ2) is 10.7. The van der Waals surface area contributed by atoms with Crippen molar-refractivity contribution < 1.29 is 18.7 Å². The molecule has 166 valence electrons. The number of nitrogens with one attached hydrogen (secondary N) is 3.